The van der Waals surface area contributed by atoms with Gasteiger partial charge in [0, 0.05) is 23.9 Å². The molecule has 1 atom stereocenters. The fraction of sp³-hybridized carbons (Fsp3) is 0.0455. The van der Waals surface area contributed by atoms with Gasteiger partial charge in [0.1, 0.15) is 24.3 Å². The van der Waals surface area contributed by atoms with Gasteiger partial charge in [-0.2, -0.15) is 0 Å². The zero-order valence-corrected chi connectivity index (χ0v) is 14.9. The first-order valence-corrected chi connectivity index (χ1v) is 8.75. The topological polar surface area (TPSA) is 59.1 Å². The van der Waals surface area contributed by atoms with Crippen molar-refractivity contribution < 1.29 is 14.0 Å². The van der Waals surface area contributed by atoms with E-state index in [0.717, 1.165) is 22.6 Å². The molecular formula is C22H17FN3O2+. The van der Waals surface area contributed by atoms with Crippen molar-refractivity contribution in [1.29, 1.82) is 0 Å². The molecule has 1 amide bonds. The molecule has 0 saturated heterocycles. The van der Waals surface area contributed by atoms with Gasteiger partial charge in [0.15, 0.2) is 5.69 Å². The molecule has 2 aromatic carbocycles. The van der Waals surface area contributed by atoms with Crippen LogP contribution in [-0.2, 0) is 16.1 Å². The highest BCUT2D eigenvalue weighted by atomic mass is 19.1. The predicted octanol–water partition coefficient (Wildman–Crippen LogP) is 3.69. The van der Waals surface area contributed by atoms with Gasteiger partial charge in [0.2, 0.25) is 12.1 Å². The van der Waals surface area contributed by atoms with E-state index in [1.54, 1.807) is 18.3 Å². The summed E-state index contributed by atoms with van der Waals surface area (Å²) in [5.74, 6) is -0.275. The fourth-order valence-electron chi connectivity index (χ4n) is 3.54. The molecule has 1 aliphatic heterocycles. The Morgan fingerprint density at radius 1 is 1.04 bits per heavy atom. The average molecular weight is 374 g/mol. The molecule has 0 aliphatic carbocycles. The van der Waals surface area contributed by atoms with Crippen molar-refractivity contribution in [3.05, 3.63) is 96.1 Å². The van der Waals surface area contributed by atoms with Gasteiger partial charge in [0.25, 0.3) is 5.91 Å². The Morgan fingerprint density at radius 2 is 1.79 bits per heavy atom. The first-order chi connectivity index (χ1) is 13.6. The maximum atomic E-state index is 13.4. The van der Waals surface area contributed by atoms with E-state index >= 15 is 0 Å². The quantitative estimate of drug-likeness (QED) is 0.421. The highest BCUT2D eigenvalue weighted by Gasteiger charge is 2.42. The standard InChI is InChI=1S/C22H16FN3O2/c23-17-10-8-16(9-11-17)13-26(21-7-3-4-12-24-21)14-19(25-22(28)15-27)18-5-1-2-6-20(18)26/h1-12,14-15H,13H2/p+1. The van der Waals surface area contributed by atoms with Crippen LogP contribution in [-0.4, -0.2) is 17.2 Å². The molecule has 1 aromatic heterocycles. The van der Waals surface area contributed by atoms with Gasteiger partial charge in [-0.3, -0.25) is 9.59 Å². The maximum absolute atomic E-state index is 13.4. The van der Waals surface area contributed by atoms with E-state index in [9.17, 15) is 14.0 Å². The number of rotatable bonds is 5. The first-order valence-electron chi connectivity index (χ1n) is 8.75. The molecule has 0 bridgehead atoms. The minimum absolute atomic E-state index is 0.205. The van der Waals surface area contributed by atoms with Crippen molar-refractivity contribution >= 4 is 29.4 Å². The van der Waals surface area contributed by atoms with Crippen molar-refractivity contribution in [3.63, 3.8) is 0 Å². The molecule has 0 spiro atoms. The van der Waals surface area contributed by atoms with E-state index in [0.29, 0.717) is 12.2 Å². The molecule has 0 saturated carbocycles. The average Bonchev–Trinajstić information content (AvgIpc) is 3.05. The predicted molar refractivity (Wildman–Crippen MR) is 104 cm³/mol. The Balaban J connectivity index is 1.90. The minimum Gasteiger partial charge on any atom is -0.315 e. The second kappa shape index (κ2) is 7.17. The summed E-state index contributed by atoms with van der Waals surface area (Å²) in [5, 5.41) is 2.65. The molecule has 1 N–H and O–H groups in total. The Bertz CT molecular complexity index is 1060. The largest absolute Gasteiger partial charge is 0.315 e. The van der Waals surface area contributed by atoms with Crippen molar-refractivity contribution in [2.24, 2.45) is 0 Å². The zero-order chi connectivity index (χ0) is 19.6. The van der Waals surface area contributed by atoms with Crippen LogP contribution in [0.4, 0.5) is 15.9 Å². The summed E-state index contributed by atoms with van der Waals surface area (Å²) in [6.45, 7) is 0.467. The summed E-state index contributed by atoms with van der Waals surface area (Å²) in [6, 6.07) is 19.6. The van der Waals surface area contributed by atoms with E-state index in [-0.39, 0.29) is 16.6 Å². The van der Waals surface area contributed by atoms with E-state index in [2.05, 4.69) is 10.3 Å². The number of hydrogen-bond acceptors (Lipinski definition) is 3. The smallest absolute Gasteiger partial charge is 0.288 e. The van der Waals surface area contributed by atoms with Gasteiger partial charge >= 0.3 is 0 Å². The number of aromatic nitrogens is 1. The van der Waals surface area contributed by atoms with Crippen LogP contribution in [0.5, 0.6) is 0 Å². The Morgan fingerprint density at radius 3 is 2.50 bits per heavy atom. The van der Waals surface area contributed by atoms with Crippen LogP contribution in [0.1, 0.15) is 11.1 Å². The molecule has 138 valence electrons. The lowest BCUT2D eigenvalue weighted by molar-refractivity contribution is -0.130. The van der Waals surface area contributed by atoms with Gasteiger partial charge < -0.3 is 5.32 Å². The molecule has 2 heterocycles. The van der Waals surface area contributed by atoms with Crippen LogP contribution in [0, 0.1) is 5.82 Å². The number of para-hydroxylation sites is 1. The summed E-state index contributed by atoms with van der Waals surface area (Å²) >= 11 is 0. The van der Waals surface area contributed by atoms with E-state index in [4.69, 9.17) is 0 Å². The number of nitrogens with one attached hydrogen (secondary N) is 1. The molecule has 4 rings (SSSR count). The third kappa shape index (κ3) is 3.10. The number of benzene rings is 2. The van der Waals surface area contributed by atoms with E-state index < -0.39 is 5.91 Å². The summed E-state index contributed by atoms with van der Waals surface area (Å²) in [6.07, 6.45) is 3.83. The second-order valence-electron chi connectivity index (χ2n) is 6.51. The minimum atomic E-state index is -0.719. The van der Waals surface area contributed by atoms with Gasteiger partial charge in [-0.25, -0.2) is 13.9 Å². The highest BCUT2D eigenvalue weighted by Crippen LogP contribution is 2.46. The molecule has 1 aliphatic rings. The van der Waals surface area contributed by atoms with Crippen LogP contribution in [0.3, 0.4) is 0 Å². The van der Waals surface area contributed by atoms with Gasteiger partial charge in [-0.15, -0.1) is 0 Å². The molecule has 28 heavy (non-hydrogen) atoms. The number of halogens is 1. The Hall–Kier alpha value is -3.64. The van der Waals surface area contributed by atoms with Crippen LogP contribution in [0.2, 0.25) is 0 Å². The van der Waals surface area contributed by atoms with Crippen LogP contribution >= 0.6 is 0 Å². The SMILES string of the molecule is O=CC(=O)NC1=C[N+](Cc2ccc(F)cc2)(c2ccccn2)c2ccccc21. The lowest BCUT2D eigenvalue weighted by atomic mass is 10.1. The summed E-state index contributed by atoms with van der Waals surface area (Å²) < 4.78 is 13.6. The molecule has 6 heteroatoms. The first kappa shape index (κ1) is 17.8. The summed E-state index contributed by atoms with van der Waals surface area (Å²) in [4.78, 5) is 27.2. The lowest BCUT2D eigenvalue weighted by Gasteiger charge is -2.30. The van der Waals surface area contributed by atoms with Crippen molar-refractivity contribution in [2.45, 2.75) is 6.54 Å². The number of nitrogens with zero attached hydrogens (tertiary/aromatic N) is 2. The fourth-order valence-corrected chi connectivity index (χ4v) is 3.54. The monoisotopic (exact) mass is 374 g/mol. The number of fused-ring (bicyclic) bond motifs is 1. The number of quaternary nitrogens is 1. The molecule has 3 aromatic rings. The highest BCUT2D eigenvalue weighted by molar-refractivity contribution is 6.26. The lowest BCUT2D eigenvalue weighted by Crippen LogP contribution is -2.37. The number of carbonyl (C=O) groups is 2. The number of carbonyl (C=O) groups excluding carboxylic acids is 2. The van der Waals surface area contributed by atoms with Crippen molar-refractivity contribution in [2.75, 3.05) is 0 Å². The van der Waals surface area contributed by atoms with Crippen LogP contribution in [0.25, 0.3) is 5.70 Å². The molecule has 5 nitrogen and oxygen atoms in total. The van der Waals surface area contributed by atoms with Crippen molar-refractivity contribution in [3.8, 4) is 0 Å². The summed E-state index contributed by atoms with van der Waals surface area (Å²) in [7, 11) is 0. The Kier molecular flexibility index (Phi) is 4.55. The molecule has 0 radical (unpaired) electrons. The number of pyridine rings is 1. The van der Waals surface area contributed by atoms with Gasteiger partial charge in [0.05, 0.1) is 5.56 Å². The van der Waals surface area contributed by atoms with Gasteiger partial charge in [-0.1, -0.05) is 30.3 Å². The molecular weight excluding hydrogens is 357 g/mol. The number of aldehydes is 1. The number of amides is 1. The number of hydrogen-bond donors (Lipinski definition) is 1. The van der Waals surface area contributed by atoms with Crippen LogP contribution in [0.15, 0.2) is 79.1 Å². The normalized spacial score (nSPS) is 17.5. The molecule has 0 fully saturated rings. The Labute approximate surface area is 161 Å². The third-order valence-corrected chi connectivity index (χ3v) is 4.74. The summed E-state index contributed by atoms with van der Waals surface area (Å²) in [5.41, 5.74) is 3.17. The molecule has 1 unspecified atom stereocenters. The van der Waals surface area contributed by atoms with Gasteiger partial charge in [-0.05, 0) is 24.3 Å². The van der Waals surface area contributed by atoms with Crippen LogP contribution < -0.4 is 9.80 Å². The van der Waals surface area contributed by atoms with E-state index in [1.807, 2.05) is 48.7 Å². The maximum Gasteiger partial charge on any atom is 0.288 e. The third-order valence-electron chi connectivity index (χ3n) is 4.74. The second-order valence-corrected chi connectivity index (χ2v) is 6.51. The van der Waals surface area contributed by atoms with Crippen molar-refractivity contribution in [1.82, 2.24) is 14.8 Å². The van der Waals surface area contributed by atoms with E-state index in [1.165, 1.54) is 12.1 Å². The zero-order valence-electron chi connectivity index (χ0n) is 14.9.